The van der Waals surface area contributed by atoms with Gasteiger partial charge in [0.2, 0.25) is 5.91 Å². The van der Waals surface area contributed by atoms with Crippen LogP contribution in [0.4, 0.5) is 0 Å². The van der Waals surface area contributed by atoms with Crippen LogP contribution in [-0.4, -0.2) is 26.8 Å². The Hall–Kier alpha value is -2.34. The average molecular weight is 350 g/mol. The summed E-state index contributed by atoms with van der Waals surface area (Å²) in [6.07, 6.45) is -0.0828. The summed E-state index contributed by atoms with van der Waals surface area (Å²) >= 11 is 6.17. The van der Waals surface area contributed by atoms with Crippen molar-refractivity contribution in [2.45, 2.75) is 39.8 Å². The molecule has 1 heterocycles. The van der Waals surface area contributed by atoms with E-state index in [4.69, 9.17) is 11.6 Å². The number of aromatic amines is 2. The number of aromatic nitrogens is 2. The fourth-order valence-electron chi connectivity index (χ4n) is 2.46. The van der Waals surface area contributed by atoms with Gasteiger partial charge in [-0.15, -0.1) is 0 Å². The van der Waals surface area contributed by atoms with E-state index in [2.05, 4.69) is 9.97 Å². The molecule has 1 aromatic carbocycles. The Labute approximate surface area is 144 Å². The Morgan fingerprint density at radius 1 is 1.21 bits per heavy atom. The minimum atomic E-state index is -0.578. The highest BCUT2D eigenvalue weighted by atomic mass is 35.5. The number of benzene rings is 1. The van der Waals surface area contributed by atoms with E-state index in [1.54, 1.807) is 17.9 Å². The molecule has 0 aliphatic carbocycles. The smallest absolute Gasteiger partial charge is 0.325 e. The summed E-state index contributed by atoms with van der Waals surface area (Å²) in [5.74, 6) is -0.203. The van der Waals surface area contributed by atoms with Gasteiger partial charge >= 0.3 is 5.69 Å². The van der Waals surface area contributed by atoms with Gasteiger partial charge in [-0.2, -0.15) is 0 Å². The van der Waals surface area contributed by atoms with Crippen molar-refractivity contribution in [1.29, 1.82) is 0 Å². The Morgan fingerprint density at radius 2 is 1.88 bits per heavy atom. The first-order chi connectivity index (χ1) is 11.3. The maximum absolute atomic E-state index is 12.7. The molecule has 1 amide bonds. The largest absolute Gasteiger partial charge is 0.336 e. The van der Waals surface area contributed by atoms with Gasteiger partial charge in [0.1, 0.15) is 0 Å². The van der Waals surface area contributed by atoms with Crippen LogP contribution in [0.5, 0.6) is 0 Å². The van der Waals surface area contributed by atoms with E-state index >= 15 is 0 Å². The second kappa shape index (κ2) is 7.49. The molecule has 128 valence electrons. The molecule has 0 saturated carbocycles. The summed E-state index contributed by atoms with van der Waals surface area (Å²) in [6, 6.07) is 7.27. The third kappa shape index (κ3) is 4.14. The first-order valence-electron chi connectivity index (χ1n) is 7.64. The Kier molecular flexibility index (Phi) is 5.62. The van der Waals surface area contributed by atoms with Crippen LogP contribution in [0, 0.1) is 6.92 Å². The van der Waals surface area contributed by atoms with E-state index < -0.39 is 11.2 Å². The predicted octanol–water partition coefficient (Wildman–Crippen LogP) is 2.00. The highest BCUT2D eigenvalue weighted by Gasteiger charge is 2.21. The lowest BCUT2D eigenvalue weighted by Gasteiger charge is -2.27. The second-order valence-electron chi connectivity index (χ2n) is 5.90. The lowest BCUT2D eigenvalue weighted by Crippen LogP contribution is -2.39. The van der Waals surface area contributed by atoms with Gasteiger partial charge in [-0.05, 0) is 32.4 Å². The predicted molar refractivity (Wildman–Crippen MR) is 93.3 cm³/mol. The van der Waals surface area contributed by atoms with Gasteiger partial charge in [-0.3, -0.25) is 14.6 Å². The first-order valence-corrected chi connectivity index (χ1v) is 8.02. The van der Waals surface area contributed by atoms with Crippen molar-refractivity contribution in [3.63, 3.8) is 0 Å². The zero-order chi connectivity index (χ0) is 17.9. The summed E-state index contributed by atoms with van der Waals surface area (Å²) in [5, 5.41) is 0.592. The highest BCUT2D eigenvalue weighted by molar-refractivity contribution is 6.31. The number of carbonyl (C=O) groups is 1. The van der Waals surface area contributed by atoms with Crippen molar-refractivity contribution in [2.75, 3.05) is 0 Å². The molecule has 7 heteroatoms. The normalized spacial score (nSPS) is 10.9. The zero-order valence-corrected chi connectivity index (χ0v) is 14.6. The Morgan fingerprint density at radius 3 is 2.46 bits per heavy atom. The highest BCUT2D eigenvalue weighted by Crippen LogP contribution is 2.19. The van der Waals surface area contributed by atoms with Gasteiger partial charge in [0.05, 0.1) is 6.42 Å². The number of nitrogens with one attached hydrogen (secondary N) is 2. The molecule has 1 aromatic heterocycles. The molecular formula is C17H20ClN3O3. The monoisotopic (exact) mass is 349 g/mol. The quantitative estimate of drug-likeness (QED) is 0.865. The molecule has 0 aliphatic heterocycles. The summed E-state index contributed by atoms with van der Waals surface area (Å²) in [5.41, 5.74) is 0.396. The molecular weight excluding hydrogens is 330 g/mol. The summed E-state index contributed by atoms with van der Waals surface area (Å²) in [4.78, 5) is 42.2. The van der Waals surface area contributed by atoms with Crippen LogP contribution in [0.1, 0.15) is 30.7 Å². The molecule has 0 fully saturated rings. The topological polar surface area (TPSA) is 86.0 Å². The van der Waals surface area contributed by atoms with Crippen molar-refractivity contribution in [3.8, 4) is 0 Å². The van der Waals surface area contributed by atoms with E-state index in [0.29, 0.717) is 17.3 Å². The molecule has 0 aliphatic rings. The van der Waals surface area contributed by atoms with Crippen molar-refractivity contribution in [2.24, 2.45) is 0 Å². The van der Waals surface area contributed by atoms with E-state index in [1.807, 2.05) is 32.0 Å². The molecule has 0 saturated heterocycles. The third-order valence-corrected chi connectivity index (χ3v) is 4.19. The first kappa shape index (κ1) is 18.0. The van der Waals surface area contributed by atoms with Crippen LogP contribution in [0.2, 0.25) is 5.02 Å². The minimum absolute atomic E-state index is 0.0593. The van der Waals surface area contributed by atoms with Crippen LogP contribution < -0.4 is 11.2 Å². The molecule has 0 atom stereocenters. The Balaban J connectivity index is 2.26. The van der Waals surface area contributed by atoms with E-state index in [1.165, 1.54) is 0 Å². The van der Waals surface area contributed by atoms with Crippen molar-refractivity contribution >= 4 is 17.5 Å². The van der Waals surface area contributed by atoms with Gasteiger partial charge in [0.25, 0.3) is 5.56 Å². The molecule has 0 unspecified atom stereocenters. The molecule has 2 rings (SSSR count). The van der Waals surface area contributed by atoms with Crippen molar-refractivity contribution < 1.29 is 4.79 Å². The fourth-order valence-corrected chi connectivity index (χ4v) is 2.66. The third-order valence-electron chi connectivity index (χ3n) is 3.83. The summed E-state index contributed by atoms with van der Waals surface area (Å²) < 4.78 is 0. The van der Waals surface area contributed by atoms with Gasteiger partial charge in [-0.1, -0.05) is 29.8 Å². The number of hydrogen-bond donors (Lipinski definition) is 2. The van der Waals surface area contributed by atoms with E-state index in [9.17, 15) is 14.4 Å². The van der Waals surface area contributed by atoms with Crippen molar-refractivity contribution in [3.05, 3.63) is 66.9 Å². The van der Waals surface area contributed by atoms with Crippen LogP contribution in [0.25, 0.3) is 0 Å². The van der Waals surface area contributed by atoms with Gasteiger partial charge < -0.3 is 9.88 Å². The van der Waals surface area contributed by atoms with Crippen LogP contribution in [0.15, 0.2) is 33.9 Å². The lowest BCUT2D eigenvalue weighted by atomic mass is 10.1. The van der Waals surface area contributed by atoms with Crippen LogP contribution >= 0.6 is 11.6 Å². The lowest BCUT2D eigenvalue weighted by molar-refractivity contribution is -0.132. The number of nitrogens with zero attached hydrogens (tertiary/aromatic N) is 1. The maximum Gasteiger partial charge on any atom is 0.325 e. The minimum Gasteiger partial charge on any atom is -0.336 e. The molecule has 24 heavy (non-hydrogen) atoms. The molecule has 0 radical (unpaired) electrons. The number of rotatable bonds is 5. The van der Waals surface area contributed by atoms with E-state index in [0.717, 1.165) is 5.56 Å². The number of amides is 1. The van der Waals surface area contributed by atoms with Crippen molar-refractivity contribution in [1.82, 2.24) is 14.9 Å². The standard InChI is InChI=1S/C17H20ClN3O3/c1-10(2)21(9-12-6-4-5-7-14(12)18)15(22)8-13-11(3)19-17(24)20-16(13)23/h4-7,10H,8-9H2,1-3H3,(H2,19,20,23,24). The molecule has 2 aromatic rings. The van der Waals surface area contributed by atoms with Gasteiger partial charge in [0.15, 0.2) is 0 Å². The molecule has 2 N–H and O–H groups in total. The molecule has 0 spiro atoms. The van der Waals surface area contributed by atoms with Gasteiger partial charge in [-0.25, -0.2) is 4.79 Å². The molecule has 0 bridgehead atoms. The van der Waals surface area contributed by atoms with Crippen LogP contribution in [-0.2, 0) is 17.8 Å². The SMILES string of the molecule is Cc1[nH]c(=O)[nH]c(=O)c1CC(=O)N(Cc1ccccc1Cl)C(C)C. The number of hydrogen-bond acceptors (Lipinski definition) is 3. The summed E-state index contributed by atoms with van der Waals surface area (Å²) in [6.45, 7) is 5.76. The fraction of sp³-hybridized carbons (Fsp3) is 0.353. The zero-order valence-electron chi connectivity index (χ0n) is 13.9. The summed E-state index contributed by atoms with van der Waals surface area (Å²) in [7, 11) is 0. The maximum atomic E-state index is 12.7. The Bertz CT molecular complexity index is 855. The molecule has 6 nitrogen and oxygen atoms in total. The number of carbonyl (C=O) groups excluding carboxylic acids is 1. The number of H-pyrrole nitrogens is 2. The number of aryl methyl sites for hydroxylation is 1. The average Bonchev–Trinajstić information content (AvgIpc) is 2.49. The van der Waals surface area contributed by atoms with Gasteiger partial charge in [0, 0.05) is 28.9 Å². The second-order valence-corrected chi connectivity index (χ2v) is 6.30. The van der Waals surface area contributed by atoms with E-state index in [-0.39, 0.29) is 23.9 Å². The number of halogens is 1. The van der Waals surface area contributed by atoms with Crippen LogP contribution in [0.3, 0.4) is 0 Å².